The molecule has 2 atom stereocenters. The lowest BCUT2D eigenvalue weighted by Crippen LogP contribution is -2.35. The van der Waals surface area contributed by atoms with E-state index in [-0.39, 0.29) is 0 Å². The van der Waals surface area contributed by atoms with Gasteiger partial charge >= 0.3 is 0 Å². The van der Waals surface area contributed by atoms with Gasteiger partial charge in [-0.25, -0.2) is 0 Å². The molecule has 1 aromatic carbocycles. The van der Waals surface area contributed by atoms with Gasteiger partial charge in [-0.1, -0.05) is 31.9 Å². The lowest BCUT2D eigenvalue weighted by atomic mass is 10.0. The fourth-order valence-electron chi connectivity index (χ4n) is 2.25. The van der Waals surface area contributed by atoms with E-state index >= 15 is 0 Å². The number of methoxy groups -OCH3 is 1. The Kier molecular flexibility index (Phi) is 6.81. The average Bonchev–Trinajstić information content (AvgIpc) is 2.37. The lowest BCUT2D eigenvalue weighted by Gasteiger charge is -2.20. The van der Waals surface area contributed by atoms with E-state index < -0.39 is 0 Å². The Labute approximate surface area is 112 Å². The largest absolute Gasteiger partial charge is 0.497 e. The van der Waals surface area contributed by atoms with E-state index in [4.69, 9.17) is 4.74 Å². The van der Waals surface area contributed by atoms with Crippen LogP contribution >= 0.6 is 0 Å². The molecule has 0 aliphatic heterocycles. The van der Waals surface area contributed by atoms with Gasteiger partial charge in [-0.05, 0) is 44.4 Å². The Morgan fingerprint density at radius 1 is 1.11 bits per heavy atom. The lowest BCUT2D eigenvalue weighted by molar-refractivity contribution is 0.414. The molecule has 0 saturated heterocycles. The van der Waals surface area contributed by atoms with Crippen molar-refractivity contribution in [1.29, 1.82) is 0 Å². The van der Waals surface area contributed by atoms with Gasteiger partial charge in [-0.2, -0.15) is 0 Å². The molecule has 1 N–H and O–H groups in total. The van der Waals surface area contributed by atoms with E-state index in [1.54, 1.807) is 7.11 Å². The third-order valence-electron chi connectivity index (χ3n) is 3.26. The molecule has 1 aromatic rings. The van der Waals surface area contributed by atoms with Gasteiger partial charge in [0.1, 0.15) is 5.75 Å². The molecular formula is C16H27NO. The highest BCUT2D eigenvalue weighted by Crippen LogP contribution is 2.13. The maximum atomic E-state index is 5.17. The van der Waals surface area contributed by atoms with Crippen molar-refractivity contribution in [2.24, 2.45) is 0 Å². The Bertz CT molecular complexity index is 320. The van der Waals surface area contributed by atoms with Crippen LogP contribution in [-0.4, -0.2) is 19.2 Å². The van der Waals surface area contributed by atoms with Gasteiger partial charge in [0.2, 0.25) is 0 Å². The number of rotatable bonds is 8. The summed E-state index contributed by atoms with van der Waals surface area (Å²) >= 11 is 0. The van der Waals surface area contributed by atoms with Crippen molar-refractivity contribution in [2.75, 3.05) is 7.11 Å². The monoisotopic (exact) mass is 249 g/mol. The summed E-state index contributed by atoms with van der Waals surface area (Å²) in [6, 6.07) is 9.48. The van der Waals surface area contributed by atoms with Crippen LogP contribution in [0.2, 0.25) is 0 Å². The molecule has 0 bridgehead atoms. The van der Waals surface area contributed by atoms with E-state index in [0.717, 1.165) is 12.2 Å². The van der Waals surface area contributed by atoms with Crippen LogP contribution in [0.15, 0.2) is 24.3 Å². The number of hydrogen-bond acceptors (Lipinski definition) is 2. The molecule has 0 aliphatic carbocycles. The van der Waals surface area contributed by atoms with Crippen molar-refractivity contribution in [3.05, 3.63) is 29.8 Å². The smallest absolute Gasteiger partial charge is 0.118 e. The summed E-state index contributed by atoms with van der Waals surface area (Å²) in [5.74, 6) is 0.927. The minimum Gasteiger partial charge on any atom is -0.497 e. The molecule has 2 nitrogen and oxygen atoms in total. The van der Waals surface area contributed by atoms with E-state index in [1.807, 2.05) is 12.1 Å². The second-order valence-corrected chi connectivity index (χ2v) is 5.16. The third kappa shape index (κ3) is 5.54. The van der Waals surface area contributed by atoms with Crippen molar-refractivity contribution in [2.45, 2.75) is 58.5 Å². The van der Waals surface area contributed by atoms with Crippen LogP contribution in [0.4, 0.5) is 0 Å². The Balaban J connectivity index is 2.36. The highest BCUT2D eigenvalue weighted by Gasteiger charge is 2.07. The Morgan fingerprint density at radius 3 is 2.33 bits per heavy atom. The number of unbranched alkanes of at least 4 members (excludes halogenated alkanes) is 1. The third-order valence-corrected chi connectivity index (χ3v) is 3.26. The van der Waals surface area contributed by atoms with Crippen molar-refractivity contribution in [1.82, 2.24) is 5.32 Å². The van der Waals surface area contributed by atoms with Crippen LogP contribution in [-0.2, 0) is 6.42 Å². The molecule has 0 aromatic heterocycles. The SMILES string of the molecule is CCCCC(C)NC(C)Cc1ccc(OC)cc1. The van der Waals surface area contributed by atoms with Gasteiger partial charge in [0, 0.05) is 12.1 Å². The molecule has 0 aliphatic rings. The zero-order valence-electron chi connectivity index (χ0n) is 12.2. The predicted octanol–water partition coefficient (Wildman–Crippen LogP) is 3.79. The van der Waals surface area contributed by atoms with E-state index in [0.29, 0.717) is 12.1 Å². The van der Waals surface area contributed by atoms with Crippen molar-refractivity contribution in [3.8, 4) is 5.75 Å². The average molecular weight is 249 g/mol. The van der Waals surface area contributed by atoms with E-state index in [1.165, 1.54) is 24.8 Å². The quantitative estimate of drug-likeness (QED) is 0.756. The van der Waals surface area contributed by atoms with Crippen LogP contribution < -0.4 is 10.1 Å². The van der Waals surface area contributed by atoms with Gasteiger partial charge < -0.3 is 10.1 Å². The van der Waals surface area contributed by atoms with Crippen LogP contribution in [0.1, 0.15) is 45.6 Å². The number of hydrogen-bond donors (Lipinski definition) is 1. The first-order valence-electron chi connectivity index (χ1n) is 7.04. The van der Waals surface area contributed by atoms with E-state index in [9.17, 15) is 0 Å². The topological polar surface area (TPSA) is 21.3 Å². The summed E-state index contributed by atoms with van der Waals surface area (Å²) in [6.45, 7) is 6.78. The molecule has 0 fully saturated rings. The summed E-state index contributed by atoms with van der Waals surface area (Å²) in [5.41, 5.74) is 1.36. The van der Waals surface area contributed by atoms with Gasteiger partial charge in [-0.3, -0.25) is 0 Å². The molecular weight excluding hydrogens is 222 g/mol. The fourth-order valence-corrected chi connectivity index (χ4v) is 2.25. The summed E-state index contributed by atoms with van der Waals surface area (Å²) < 4.78 is 5.17. The second-order valence-electron chi connectivity index (χ2n) is 5.16. The summed E-state index contributed by atoms with van der Waals surface area (Å²) in [6.07, 6.45) is 4.92. The first kappa shape index (κ1) is 15.0. The molecule has 0 radical (unpaired) electrons. The van der Waals surface area contributed by atoms with Gasteiger partial charge in [0.05, 0.1) is 7.11 Å². The predicted molar refractivity (Wildman–Crippen MR) is 78.3 cm³/mol. The molecule has 102 valence electrons. The Morgan fingerprint density at radius 2 is 1.78 bits per heavy atom. The first-order chi connectivity index (χ1) is 8.65. The normalized spacial score (nSPS) is 14.2. The maximum absolute atomic E-state index is 5.17. The van der Waals surface area contributed by atoms with Gasteiger partial charge in [0.25, 0.3) is 0 Å². The number of benzene rings is 1. The van der Waals surface area contributed by atoms with Gasteiger partial charge in [-0.15, -0.1) is 0 Å². The minimum atomic E-state index is 0.519. The Hall–Kier alpha value is -1.02. The summed E-state index contributed by atoms with van der Waals surface area (Å²) in [4.78, 5) is 0. The molecule has 0 saturated carbocycles. The van der Waals surface area contributed by atoms with Crippen molar-refractivity contribution in [3.63, 3.8) is 0 Å². The number of nitrogens with one attached hydrogen (secondary N) is 1. The van der Waals surface area contributed by atoms with Crippen molar-refractivity contribution < 1.29 is 4.74 Å². The first-order valence-corrected chi connectivity index (χ1v) is 7.04. The van der Waals surface area contributed by atoms with Crippen LogP contribution in [0.3, 0.4) is 0 Å². The molecule has 0 heterocycles. The zero-order valence-corrected chi connectivity index (χ0v) is 12.2. The maximum Gasteiger partial charge on any atom is 0.118 e. The van der Waals surface area contributed by atoms with E-state index in [2.05, 4.69) is 38.2 Å². The molecule has 0 amide bonds. The minimum absolute atomic E-state index is 0.519. The molecule has 1 rings (SSSR count). The highest BCUT2D eigenvalue weighted by atomic mass is 16.5. The molecule has 18 heavy (non-hydrogen) atoms. The zero-order chi connectivity index (χ0) is 13.4. The van der Waals surface area contributed by atoms with Crippen LogP contribution in [0.5, 0.6) is 5.75 Å². The standard InChI is InChI=1S/C16H27NO/c1-5-6-7-13(2)17-14(3)12-15-8-10-16(18-4)11-9-15/h8-11,13-14,17H,5-7,12H2,1-4H3. The molecule has 2 heteroatoms. The van der Waals surface area contributed by atoms with Crippen LogP contribution in [0.25, 0.3) is 0 Å². The molecule has 2 unspecified atom stereocenters. The fraction of sp³-hybridized carbons (Fsp3) is 0.625. The molecule has 0 spiro atoms. The van der Waals surface area contributed by atoms with Gasteiger partial charge in [0.15, 0.2) is 0 Å². The summed E-state index contributed by atoms with van der Waals surface area (Å²) in [7, 11) is 1.70. The van der Waals surface area contributed by atoms with Crippen molar-refractivity contribution >= 4 is 0 Å². The summed E-state index contributed by atoms with van der Waals surface area (Å²) in [5, 5.41) is 3.66. The van der Waals surface area contributed by atoms with Crippen LogP contribution in [0, 0.1) is 0 Å². The second kappa shape index (κ2) is 8.15. The number of ether oxygens (including phenoxy) is 1. The highest BCUT2D eigenvalue weighted by molar-refractivity contribution is 5.27.